The lowest BCUT2D eigenvalue weighted by Gasteiger charge is -2.03. The van der Waals surface area contributed by atoms with Gasteiger partial charge in [-0.15, -0.1) is 11.3 Å². The van der Waals surface area contributed by atoms with Crippen molar-refractivity contribution in [2.75, 3.05) is 0 Å². The van der Waals surface area contributed by atoms with E-state index in [1.807, 2.05) is 12.1 Å². The van der Waals surface area contributed by atoms with E-state index in [4.69, 9.17) is 0 Å². The summed E-state index contributed by atoms with van der Waals surface area (Å²) in [7, 11) is 0. The van der Waals surface area contributed by atoms with Crippen LogP contribution in [0.1, 0.15) is 23.6 Å². The van der Waals surface area contributed by atoms with Gasteiger partial charge >= 0.3 is 0 Å². The van der Waals surface area contributed by atoms with E-state index in [2.05, 4.69) is 15.9 Å². The van der Waals surface area contributed by atoms with E-state index in [1.165, 1.54) is 17.7 Å². The Bertz CT molecular complexity index is 290. The predicted octanol–water partition coefficient (Wildman–Crippen LogP) is 3.20. The second-order valence-corrected chi connectivity index (χ2v) is 5.64. The molecule has 1 aromatic heterocycles. The number of aldehydes is 1. The molecule has 1 fully saturated rings. The molecule has 1 saturated carbocycles. The standard InChI is InChI=1S/C9H9BrOS/c10-9-4-3-8(12-9)7(5-11)6-1-2-6/h3-7H,1-2H2. The zero-order chi connectivity index (χ0) is 8.55. The summed E-state index contributed by atoms with van der Waals surface area (Å²) in [6, 6.07) is 4.06. The lowest BCUT2D eigenvalue weighted by Crippen LogP contribution is -1.99. The monoisotopic (exact) mass is 244 g/mol. The summed E-state index contributed by atoms with van der Waals surface area (Å²) >= 11 is 5.08. The average Bonchev–Trinajstić information content (AvgIpc) is 2.78. The number of hydrogen-bond acceptors (Lipinski definition) is 2. The van der Waals surface area contributed by atoms with Gasteiger partial charge in [0.25, 0.3) is 0 Å². The first-order valence-corrected chi connectivity index (χ1v) is 5.62. The summed E-state index contributed by atoms with van der Waals surface area (Å²) in [6.07, 6.45) is 3.54. The van der Waals surface area contributed by atoms with Crippen LogP contribution >= 0.6 is 27.3 Å². The first-order valence-electron chi connectivity index (χ1n) is 4.02. The summed E-state index contributed by atoms with van der Waals surface area (Å²) in [5, 5.41) is 0. The summed E-state index contributed by atoms with van der Waals surface area (Å²) in [5.41, 5.74) is 0. The molecule has 1 nitrogen and oxygen atoms in total. The van der Waals surface area contributed by atoms with Gasteiger partial charge in [0.1, 0.15) is 6.29 Å². The highest BCUT2D eigenvalue weighted by Crippen LogP contribution is 2.43. The third-order valence-electron chi connectivity index (χ3n) is 2.20. The van der Waals surface area contributed by atoms with Crippen molar-refractivity contribution >= 4 is 33.6 Å². The molecule has 0 aromatic carbocycles. The third-order valence-corrected chi connectivity index (χ3v) is 3.92. The largest absolute Gasteiger partial charge is 0.303 e. The van der Waals surface area contributed by atoms with Crippen molar-refractivity contribution in [1.29, 1.82) is 0 Å². The van der Waals surface area contributed by atoms with E-state index in [1.54, 1.807) is 11.3 Å². The number of halogens is 1. The second kappa shape index (κ2) is 3.30. The van der Waals surface area contributed by atoms with Crippen molar-refractivity contribution in [1.82, 2.24) is 0 Å². The fourth-order valence-corrected chi connectivity index (χ4v) is 2.95. The van der Waals surface area contributed by atoms with Crippen molar-refractivity contribution < 1.29 is 4.79 Å². The zero-order valence-electron chi connectivity index (χ0n) is 6.50. The van der Waals surface area contributed by atoms with Crippen LogP contribution in [0.2, 0.25) is 0 Å². The van der Waals surface area contributed by atoms with E-state index < -0.39 is 0 Å². The normalized spacial score (nSPS) is 19.1. The van der Waals surface area contributed by atoms with Crippen LogP contribution in [0.25, 0.3) is 0 Å². The molecular formula is C9H9BrOS. The van der Waals surface area contributed by atoms with E-state index in [9.17, 15) is 4.79 Å². The van der Waals surface area contributed by atoms with Gasteiger partial charge < -0.3 is 4.79 Å². The van der Waals surface area contributed by atoms with E-state index in [0.29, 0.717) is 5.92 Å². The average molecular weight is 245 g/mol. The van der Waals surface area contributed by atoms with Crippen LogP contribution in [0, 0.1) is 5.92 Å². The van der Waals surface area contributed by atoms with Gasteiger partial charge in [-0.05, 0) is 46.8 Å². The summed E-state index contributed by atoms with van der Waals surface area (Å²) in [6.45, 7) is 0. The summed E-state index contributed by atoms with van der Waals surface area (Å²) < 4.78 is 1.12. The third kappa shape index (κ3) is 1.62. The molecule has 1 atom stereocenters. The molecule has 0 N–H and O–H groups in total. The molecule has 0 radical (unpaired) electrons. The van der Waals surface area contributed by atoms with E-state index in [-0.39, 0.29) is 5.92 Å². The van der Waals surface area contributed by atoms with Crippen molar-refractivity contribution in [2.45, 2.75) is 18.8 Å². The number of rotatable bonds is 3. The highest BCUT2D eigenvalue weighted by molar-refractivity contribution is 9.11. The number of hydrogen-bond donors (Lipinski definition) is 0. The molecule has 3 heteroatoms. The lowest BCUT2D eigenvalue weighted by molar-refractivity contribution is -0.109. The minimum absolute atomic E-state index is 0.168. The maximum absolute atomic E-state index is 10.8. The summed E-state index contributed by atoms with van der Waals surface area (Å²) in [4.78, 5) is 12.0. The zero-order valence-corrected chi connectivity index (χ0v) is 8.90. The Labute approximate surface area is 83.9 Å². The van der Waals surface area contributed by atoms with Crippen LogP contribution < -0.4 is 0 Å². The van der Waals surface area contributed by atoms with Gasteiger partial charge in [0.15, 0.2) is 0 Å². The number of carbonyl (C=O) groups excluding carboxylic acids is 1. The van der Waals surface area contributed by atoms with Gasteiger partial charge in [0.05, 0.1) is 9.70 Å². The smallest absolute Gasteiger partial charge is 0.128 e. The molecule has 0 aliphatic heterocycles. The Morgan fingerprint density at radius 3 is 2.75 bits per heavy atom. The van der Waals surface area contributed by atoms with E-state index >= 15 is 0 Å². The number of carbonyl (C=O) groups is 1. The van der Waals surface area contributed by atoms with Crippen LogP contribution in [0.5, 0.6) is 0 Å². The SMILES string of the molecule is O=CC(c1ccc(Br)s1)C1CC1. The maximum atomic E-state index is 10.8. The van der Waals surface area contributed by atoms with Gasteiger partial charge in [-0.1, -0.05) is 0 Å². The lowest BCUT2D eigenvalue weighted by atomic mass is 10.0. The fourth-order valence-electron chi connectivity index (χ4n) is 1.37. The number of thiophene rings is 1. The predicted molar refractivity (Wildman–Crippen MR) is 53.5 cm³/mol. The van der Waals surface area contributed by atoms with Gasteiger partial charge in [-0.2, -0.15) is 0 Å². The molecule has 0 bridgehead atoms. The second-order valence-electron chi connectivity index (χ2n) is 3.14. The Morgan fingerprint density at radius 1 is 1.58 bits per heavy atom. The van der Waals surface area contributed by atoms with Crippen molar-refractivity contribution in [3.8, 4) is 0 Å². The van der Waals surface area contributed by atoms with Crippen LogP contribution in [-0.4, -0.2) is 6.29 Å². The highest BCUT2D eigenvalue weighted by atomic mass is 79.9. The van der Waals surface area contributed by atoms with Crippen LogP contribution in [0.4, 0.5) is 0 Å². The minimum atomic E-state index is 0.168. The van der Waals surface area contributed by atoms with Crippen molar-refractivity contribution in [2.24, 2.45) is 5.92 Å². The minimum Gasteiger partial charge on any atom is -0.303 e. The first-order chi connectivity index (χ1) is 5.81. The maximum Gasteiger partial charge on any atom is 0.128 e. The van der Waals surface area contributed by atoms with Crippen LogP contribution in [0.3, 0.4) is 0 Å². The Hall–Kier alpha value is -0.150. The molecule has 1 unspecified atom stereocenters. The van der Waals surface area contributed by atoms with Crippen LogP contribution in [0.15, 0.2) is 15.9 Å². The molecule has 1 aromatic rings. The topological polar surface area (TPSA) is 17.1 Å². The molecule has 1 aliphatic rings. The molecule has 64 valence electrons. The molecule has 0 amide bonds. The van der Waals surface area contributed by atoms with Crippen molar-refractivity contribution in [3.05, 3.63) is 20.8 Å². The molecule has 2 rings (SSSR count). The molecule has 1 heterocycles. The molecule has 12 heavy (non-hydrogen) atoms. The molecule has 0 spiro atoms. The molecule has 0 saturated heterocycles. The Kier molecular flexibility index (Phi) is 2.33. The fraction of sp³-hybridized carbons (Fsp3) is 0.444. The van der Waals surface area contributed by atoms with Crippen molar-refractivity contribution in [3.63, 3.8) is 0 Å². The Balaban J connectivity index is 2.20. The summed E-state index contributed by atoms with van der Waals surface area (Å²) in [5.74, 6) is 0.800. The molecule has 1 aliphatic carbocycles. The van der Waals surface area contributed by atoms with E-state index in [0.717, 1.165) is 10.1 Å². The quantitative estimate of drug-likeness (QED) is 0.747. The van der Waals surface area contributed by atoms with Gasteiger partial charge in [-0.25, -0.2) is 0 Å². The van der Waals surface area contributed by atoms with Gasteiger partial charge in [0, 0.05) is 4.88 Å². The Morgan fingerprint density at radius 2 is 2.33 bits per heavy atom. The highest BCUT2D eigenvalue weighted by Gasteiger charge is 2.32. The van der Waals surface area contributed by atoms with Gasteiger partial charge in [-0.3, -0.25) is 0 Å². The molecular weight excluding hydrogens is 236 g/mol. The first kappa shape index (κ1) is 8.45. The van der Waals surface area contributed by atoms with Crippen LogP contribution in [-0.2, 0) is 4.79 Å². The van der Waals surface area contributed by atoms with Gasteiger partial charge in [0.2, 0.25) is 0 Å².